The molecule has 2 N–H and O–H groups in total. The third-order valence-corrected chi connectivity index (χ3v) is 1.43. The fourth-order valence-corrected chi connectivity index (χ4v) is 0.791. The van der Waals surface area contributed by atoms with E-state index < -0.39 is 0 Å². The van der Waals surface area contributed by atoms with Gasteiger partial charge in [-0.2, -0.15) is 0 Å². The highest BCUT2D eigenvalue weighted by Gasteiger charge is 2.18. The van der Waals surface area contributed by atoms with Gasteiger partial charge in [-0.05, 0) is 20.3 Å². The van der Waals surface area contributed by atoms with Gasteiger partial charge in [0.2, 0.25) is 0 Å². The molecule has 0 spiro atoms. The van der Waals surface area contributed by atoms with Crippen molar-refractivity contribution in [3.8, 4) is 0 Å². The summed E-state index contributed by atoms with van der Waals surface area (Å²) >= 11 is 0. The van der Waals surface area contributed by atoms with E-state index in [4.69, 9.17) is 5.73 Å². The number of hydrogen-bond acceptors (Lipinski definition) is 1. The van der Waals surface area contributed by atoms with Crippen molar-refractivity contribution in [1.29, 1.82) is 0 Å². The van der Waals surface area contributed by atoms with Crippen molar-refractivity contribution < 1.29 is 0 Å². The van der Waals surface area contributed by atoms with Crippen LogP contribution in [0, 0.1) is 0 Å². The molecule has 1 aliphatic carbocycles. The Labute approximate surface area is 44.2 Å². The van der Waals surface area contributed by atoms with Crippen LogP contribution in [0.15, 0.2) is 11.1 Å². The highest BCUT2D eigenvalue weighted by Crippen LogP contribution is 2.31. The van der Waals surface area contributed by atoms with Gasteiger partial charge in [-0.25, -0.2) is 0 Å². The second-order valence-corrected chi connectivity index (χ2v) is 2.27. The van der Waals surface area contributed by atoms with Crippen LogP contribution in [-0.4, -0.2) is 6.04 Å². The first-order chi connectivity index (χ1) is 3.22. The van der Waals surface area contributed by atoms with E-state index in [-0.39, 0.29) is 0 Å². The zero-order chi connectivity index (χ0) is 5.44. The highest BCUT2D eigenvalue weighted by atomic mass is 14.6. The van der Waals surface area contributed by atoms with Crippen LogP contribution in [0.5, 0.6) is 0 Å². The molecule has 0 aromatic rings. The van der Waals surface area contributed by atoms with E-state index in [2.05, 4.69) is 6.92 Å². The minimum atomic E-state index is 0.319. The van der Waals surface area contributed by atoms with Crippen LogP contribution in [0.2, 0.25) is 0 Å². The summed E-state index contributed by atoms with van der Waals surface area (Å²) in [7, 11) is 0. The first-order valence-corrected chi connectivity index (χ1v) is 2.66. The Balaban J connectivity index is 2.45. The molecule has 1 heteroatoms. The van der Waals surface area contributed by atoms with Crippen molar-refractivity contribution in [3.05, 3.63) is 11.1 Å². The maximum atomic E-state index is 5.53. The molecule has 1 rings (SSSR count). The third-order valence-electron chi connectivity index (χ3n) is 1.43. The van der Waals surface area contributed by atoms with Gasteiger partial charge in [-0.3, -0.25) is 0 Å². The predicted molar refractivity (Wildman–Crippen MR) is 31.0 cm³/mol. The highest BCUT2D eigenvalue weighted by molar-refractivity contribution is 5.36. The normalized spacial score (nSPS) is 22.7. The van der Waals surface area contributed by atoms with Crippen molar-refractivity contribution in [2.24, 2.45) is 5.73 Å². The maximum Gasteiger partial charge on any atom is 0.0230 e. The van der Waals surface area contributed by atoms with E-state index in [1.165, 1.54) is 17.6 Å². The van der Waals surface area contributed by atoms with E-state index in [0.29, 0.717) is 6.04 Å². The molecule has 0 amide bonds. The van der Waals surface area contributed by atoms with Gasteiger partial charge in [0, 0.05) is 6.04 Å². The van der Waals surface area contributed by atoms with Crippen LogP contribution in [0.25, 0.3) is 0 Å². The molecule has 1 nitrogen and oxygen atoms in total. The van der Waals surface area contributed by atoms with E-state index in [0.717, 1.165) is 0 Å². The smallest absolute Gasteiger partial charge is 0.0230 e. The maximum absolute atomic E-state index is 5.53. The Bertz CT molecular complexity index is 111. The molecule has 7 heavy (non-hydrogen) atoms. The van der Waals surface area contributed by atoms with Crippen molar-refractivity contribution in [3.63, 3.8) is 0 Å². The minimum Gasteiger partial charge on any atom is -0.324 e. The average molecular weight is 97.2 g/mol. The zero-order valence-electron chi connectivity index (χ0n) is 4.86. The number of hydrogen-bond donors (Lipinski definition) is 1. The topological polar surface area (TPSA) is 26.0 Å². The molecule has 0 aromatic heterocycles. The average Bonchev–Trinajstić information content (AvgIpc) is 2.17. The summed E-state index contributed by atoms with van der Waals surface area (Å²) in [5, 5.41) is 0. The van der Waals surface area contributed by atoms with E-state index in [1.54, 1.807) is 0 Å². The molecule has 0 saturated carbocycles. The Morgan fingerprint density at radius 3 is 2.14 bits per heavy atom. The molecule has 0 aliphatic heterocycles. The number of allylic oxidation sites excluding steroid dienone is 1. The summed E-state index contributed by atoms with van der Waals surface area (Å²) in [5.41, 5.74) is 8.48. The van der Waals surface area contributed by atoms with Crippen LogP contribution >= 0.6 is 0 Å². The van der Waals surface area contributed by atoms with Gasteiger partial charge < -0.3 is 5.73 Å². The Kier molecular flexibility index (Phi) is 0.927. The van der Waals surface area contributed by atoms with Crippen molar-refractivity contribution in [1.82, 2.24) is 0 Å². The standard InChI is InChI=1S/C6H11N/c1-4-3-6(4)5(2)7/h5H,3,7H2,1-2H3. The van der Waals surface area contributed by atoms with E-state index in [9.17, 15) is 0 Å². The largest absolute Gasteiger partial charge is 0.324 e. The van der Waals surface area contributed by atoms with Crippen LogP contribution < -0.4 is 5.73 Å². The zero-order valence-corrected chi connectivity index (χ0v) is 4.86. The summed E-state index contributed by atoms with van der Waals surface area (Å²) in [5.74, 6) is 0. The van der Waals surface area contributed by atoms with Gasteiger partial charge in [-0.15, -0.1) is 0 Å². The molecular formula is C6H11N. The molecule has 0 bridgehead atoms. The van der Waals surface area contributed by atoms with E-state index >= 15 is 0 Å². The predicted octanol–water partition coefficient (Wildman–Crippen LogP) is 1.05. The molecule has 1 aliphatic rings. The Morgan fingerprint density at radius 1 is 1.71 bits per heavy atom. The first kappa shape index (κ1) is 4.85. The minimum absolute atomic E-state index is 0.319. The monoisotopic (exact) mass is 97.1 g/mol. The lowest BCUT2D eigenvalue weighted by Gasteiger charge is -1.91. The van der Waals surface area contributed by atoms with Gasteiger partial charge >= 0.3 is 0 Å². The molecule has 0 heterocycles. The number of rotatable bonds is 1. The van der Waals surface area contributed by atoms with Gasteiger partial charge in [0.15, 0.2) is 0 Å². The molecule has 0 fully saturated rings. The fraction of sp³-hybridized carbons (Fsp3) is 0.667. The number of nitrogens with two attached hydrogens (primary N) is 1. The molecule has 1 unspecified atom stereocenters. The molecule has 0 radical (unpaired) electrons. The Hall–Kier alpha value is -0.300. The SMILES string of the molecule is CC1=C(C(C)N)C1. The Morgan fingerprint density at radius 2 is 2.14 bits per heavy atom. The lowest BCUT2D eigenvalue weighted by atomic mass is 10.3. The van der Waals surface area contributed by atoms with Gasteiger partial charge in [-0.1, -0.05) is 11.1 Å². The van der Waals surface area contributed by atoms with Crippen molar-refractivity contribution >= 4 is 0 Å². The van der Waals surface area contributed by atoms with Gasteiger partial charge in [0.05, 0.1) is 0 Å². The van der Waals surface area contributed by atoms with Crippen LogP contribution in [0.4, 0.5) is 0 Å². The molecular weight excluding hydrogens is 86.1 g/mol. The summed E-state index contributed by atoms with van der Waals surface area (Å²) in [6.07, 6.45) is 1.19. The van der Waals surface area contributed by atoms with Crippen LogP contribution in [0.1, 0.15) is 20.3 Å². The van der Waals surface area contributed by atoms with Crippen LogP contribution in [0.3, 0.4) is 0 Å². The van der Waals surface area contributed by atoms with Crippen molar-refractivity contribution in [2.75, 3.05) is 0 Å². The summed E-state index contributed by atoms with van der Waals surface area (Å²) < 4.78 is 0. The summed E-state index contributed by atoms with van der Waals surface area (Å²) in [6, 6.07) is 0.319. The summed E-state index contributed by atoms with van der Waals surface area (Å²) in [4.78, 5) is 0. The lowest BCUT2D eigenvalue weighted by Crippen LogP contribution is -2.12. The quantitative estimate of drug-likeness (QED) is 0.486. The lowest BCUT2D eigenvalue weighted by molar-refractivity contribution is 0.887. The van der Waals surface area contributed by atoms with E-state index in [1.807, 2.05) is 6.92 Å². The molecule has 0 aromatic carbocycles. The second-order valence-electron chi connectivity index (χ2n) is 2.27. The van der Waals surface area contributed by atoms with Gasteiger partial charge in [0.1, 0.15) is 0 Å². The fourth-order valence-electron chi connectivity index (χ4n) is 0.791. The second kappa shape index (κ2) is 1.34. The van der Waals surface area contributed by atoms with Gasteiger partial charge in [0.25, 0.3) is 0 Å². The molecule has 1 atom stereocenters. The van der Waals surface area contributed by atoms with Crippen LogP contribution in [-0.2, 0) is 0 Å². The third kappa shape index (κ3) is 0.829. The van der Waals surface area contributed by atoms with Crippen molar-refractivity contribution in [2.45, 2.75) is 26.3 Å². The molecule has 40 valence electrons. The molecule has 0 saturated heterocycles. The summed E-state index contributed by atoms with van der Waals surface area (Å²) in [6.45, 7) is 4.17. The first-order valence-electron chi connectivity index (χ1n) is 2.66.